The van der Waals surface area contributed by atoms with E-state index in [9.17, 15) is 4.79 Å². The minimum absolute atomic E-state index is 0.0314. The number of anilines is 2. The molecule has 0 bridgehead atoms. The lowest BCUT2D eigenvalue weighted by molar-refractivity contribution is 0.243. The summed E-state index contributed by atoms with van der Waals surface area (Å²) in [6, 6.07) is 13.9. The van der Waals surface area contributed by atoms with Gasteiger partial charge in [-0.1, -0.05) is 29.8 Å². The molecule has 2 aromatic carbocycles. The van der Waals surface area contributed by atoms with Gasteiger partial charge in [0.2, 0.25) is 0 Å². The van der Waals surface area contributed by atoms with Crippen LogP contribution in [0.5, 0.6) is 5.75 Å². The van der Waals surface area contributed by atoms with Crippen LogP contribution >= 0.6 is 11.6 Å². The Morgan fingerprint density at radius 1 is 1.10 bits per heavy atom. The van der Waals surface area contributed by atoms with Crippen molar-refractivity contribution in [3.8, 4) is 5.75 Å². The summed E-state index contributed by atoms with van der Waals surface area (Å²) in [5, 5.41) is 6.05. The molecule has 0 aliphatic heterocycles. The fraction of sp³-hybridized carbons (Fsp3) is 0.188. The fourth-order valence-electron chi connectivity index (χ4n) is 1.78. The number of para-hydroxylation sites is 2. The molecule has 2 rings (SSSR count). The van der Waals surface area contributed by atoms with Gasteiger partial charge in [-0.3, -0.25) is 0 Å². The zero-order valence-corrected chi connectivity index (χ0v) is 12.6. The summed E-state index contributed by atoms with van der Waals surface area (Å²) in [7, 11) is 0. The minimum atomic E-state index is -0.350. The third kappa shape index (κ3) is 4.68. The number of hydrogen-bond donors (Lipinski definition) is 2. The summed E-state index contributed by atoms with van der Waals surface area (Å²) < 4.78 is 5.65. The van der Waals surface area contributed by atoms with E-state index in [4.69, 9.17) is 16.3 Å². The number of urea groups is 1. The van der Waals surface area contributed by atoms with Crippen molar-refractivity contribution in [3.63, 3.8) is 0 Å². The number of hydrogen-bond acceptors (Lipinski definition) is 2. The largest absolute Gasteiger partial charge is 0.489 e. The molecule has 0 aliphatic carbocycles. The van der Waals surface area contributed by atoms with Crippen LogP contribution in [0.15, 0.2) is 48.5 Å². The maximum atomic E-state index is 12.0. The van der Waals surface area contributed by atoms with E-state index in [0.29, 0.717) is 22.1 Å². The Morgan fingerprint density at radius 2 is 1.86 bits per heavy atom. The highest BCUT2D eigenvalue weighted by Crippen LogP contribution is 2.25. The Labute approximate surface area is 129 Å². The van der Waals surface area contributed by atoms with Crippen LogP contribution in [0.4, 0.5) is 16.2 Å². The van der Waals surface area contributed by atoms with Crippen molar-refractivity contribution < 1.29 is 9.53 Å². The zero-order chi connectivity index (χ0) is 15.2. The Bertz CT molecular complexity index is 629. The monoisotopic (exact) mass is 304 g/mol. The molecule has 0 radical (unpaired) electrons. The summed E-state index contributed by atoms with van der Waals surface area (Å²) in [4.78, 5) is 12.0. The summed E-state index contributed by atoms with van der Waals surface area (Å²) >= 11 is 5.88. The van der Waals surface area contributed by atoms with E-state index in [2.05, 4.69) is 10.6 Å². The van der Waals surface area contributed by atoms with Gasteiger partial charge < -0.3 is 15.4 Å². The highest BCUT2D eigenvalue weighted by atomic mass is 35.5. The first-order valence-corrected chi connectivity index (χ1v) is 7.01. The fourth-order valence-corrected chi connectivity index (χ4v) is 1.97. The summed E-state index contributed by atoms with van der Waals surface area (Å²) in [5.74, 6) is 0.633. The zero-order valence-electron chi connectivity index (χ0n) is 11.9. The van der Waals surface area contributed by atoms with Crippen LogP contribution in [0, 0.1) is 0 Å². The SMILES string of the molecule is CC(C)Oc1ccccc1NC(=O)Nc1cccc(Cl)c1. The topological polar surface area (TPSA) is 50.4 Å². The molecule has 0 saturated heterocycles. The van der Waals surface area contributed by atoms with Gasteiger partial charge in [0.15, 0.2) is 0 Å². The van der Waals surface area contributed by atoms with Gasteiger partial charge in [0.1, 0.15) is 5.75 Å². The molecule has 0 spiro atoms. The van der Waals surface area contributed by atoms with E-state index in [0.717, 1.165) is 0 Å². The van der Waals surface area contributed by atoms with E-state index in [1.165, 1.54) is 0 Å². The van der Waals surface area contributed by atoms with Crippen LogP contribution in [-0.4, -0.2) is 12.1 Å². The van der Waals surface area contributed by atoms with E-state index in [1.54, 1.807) is 30.3 Å². The first kappa shape index (κ1) is 15.2. The molecule has 21 heavy (non-hydrogen) atoms. The van der Waals surface area contributed by atoms with Crippen molar-refractivity contribution in [3.05, 3.63) is 53.6 Å². The number of nitrogens with one attached hydrogen (secondary N) is 2. The Kier molecular flexibility index (Phi) is 5.06. The number of amides is 2. The lowest BCUT2D eigenvalue weighted by Gasteiger charge is -2.15. The molecule has 2 N–H and O–H groups in total. The first-order valence-electron chi connectivity index (χ1n) is 6.64. The molecular formula is C16H17ClN2O2. The van der Waals surface area contributed by atoms with E-state index < -0.39 is 0 Å². The van der Waals surface area contributed by atoms with Crippen molar-refractivity contribution in [1.29, 1.82) is 0 Å². The van der Waals surface area contributed by atoms with Crippen LogP contribution in [0.3, 0.4) is 0 Å². The van der Waals surface area contributed by atoms with Crippen molar-refractivity contribution in [2.45, 2.75) is 20.0 Å². The van der Waals surface area contributed by atoms with E-state index in [1.807, 2.05) is 32.0 Å². The van der Waals surface area contributed by atoms with E-state index in [-0.39, 0.29) is 12.1 Å². The number of carbonyl (C=O) groups excluding carboxylic acids is 1. The number of carbonyl (C=O) groups is 1. The smallest absolute Gasteiger partial charge is 0.323 e. The second-order valence-corrected chi connectivity index (χ2v) is 5.19. The van der Waals surface area contributed by atoms with Gasteiger partial charge in [0.05, 0.1) is 11.8 Å². The van der Waals surface area contributed by atoms with Gasteiger partial charge >= 0.3 is 6.03 Å². The molecule has 0 saturated carbocycles. The maximum absolute atomic E-state index is 12.0. The molecule has 110 valence electrons. The molecule has 2 aromatic rings. The predicted molar refractivity (Wildman–Crippen MR) is 86.3 cm³/mol. The summed E-state index contributed by atoms with van der Waals surface area (Å²) in [6.07, 6.45) is 0.0314. The Morgan fingerprint density at radius 3 is 2.57 bits per heavy atom. The van der Waals surface area contributed by atoms with Crippen LogP contribution in [-0.2, 0) is 0 Å². The molecule has 0 aromatic heterocycles. The van der Waals surface area contributed by atoms with Crippen molar-refractivity contribution in [1.82, 2.24) is 0 Å². The van der Waals surface area contributed by atoms with Crippen molar-refractivity contribution in [2.75, 3.05) is 10.6 Å². The summed E-state index contributed by atoms with van der Waals surface area (Å²) in [5.41, 5.74) is 1.24. The average molecular weight is 305 g/mol. The quantitative estimate of drug-likeness (QED) is 0.854. The molecule has 2 amide bonds. The Balaban J connectivity index is 2.06. The second kappa shape index (κ2) is 6.99. The molecule has 0 heterocycles. The standard InChI is InChI=1S/C16H17ClN2O2/c1-11(2)21-15-9-4-3-8-14(15)19-16(20)18-13-7-5-6-12(17)10-13/h3-11H,1-2H3,(H2,18,19,20). The predicted octanol–water partition coefficient (Wildman–Crippen LogP) is 4.77. The van der Waals surface area contributed by atoms with Gasteiger partial charge in [-0.2, -0.15) is 0 Å². The number of halogens is 1. The lowest BCUT2D eigenvalue weighted by Crippen LogP contribution is -2.20. The minimum Gasteiger partial charge on any atom is -0.489 e. The van der Waals surface area contributed by atoms with Gasteiger partial charge in [-0.15, -0.1) is 0 Å². The molecular weight excluding hydrogens is 288 g/mol. The first-order chi connectivity index (χ1) is 10.0. The van der Waals surface area contributed by atoms with Crippen LogP contribution in [0.25, 0.3) is 0 Å². The molecule has 0 atom stereocenters. The van der Waals surface area contributed by atoms with Crippen LogP contribution < -0.4 is 15.4 Å². The molecule has 0 unspecified atom stereocenters. The molecule has 5 heteroatoms. The number of rotatable bonds is 4. The molecule has 4 nitrogen and oxygen atoms in total. The summed E-state index contributed by atoms with van der Waals surface area (Å²) in [6.45, 7) is 3.87. The molecule has 0 fully saturated rings. The average Bonchev–Trinajstić information content (AvgIpc) is 2.40. The maximum Gasteiger partial charge on any atom is 0.323 e. The third-order valence-electron chi connectivity index (χ3n) is 2.58. The number of ether oxygens (including phenoxy) is 1. The lowest BCUT2D eigenvalue weighted by atomic mass is 10.3. The normalized spacial score (nSPS) is 10.3. The van der Waals surface area contributed by atoms with Crippen LogP contribution in [0.2, 0.25) is 5.02 Å². The Hall–Kier alpha value is -2.20. The van der Waals surface area contributed by atoms with Crippen LogP contribution in [0.1, 0.15) is 13.8 Å². The highest BCUT2D eigenvalue weighted by Gasteiger charge is 2.08. The van der Waals surface area contributed by atoms with E-state index >= 15 is 0 Å². The second-order valence-electron chi connectivity index (χ2n) is 4.75. The van der Waals surface area contributed by atoms with Crippen molar-refractivity contribution >= 4 is 29.0 Å². The molecule has 0 aliphatic rings. The number of benzene rings is 2. The van der Waals surface area contributed by atoms with Gasteiger partial charge in [-0.05, 0) is 44.2 Å². The van der Waals surface area contributed by atoms with Gasteiger partial charge in [0, 0.05) is 10.7 Å². The van der Waals surface area contributed by atoms with Gasteiger partial charge in [-0.25, -0.2) is 4.79 Å². The van der Waals surface area contributed by atoms with Crippen molar-refractivity contribution in [2.24, 2.45) is 0 Å². The third-order valence-corrected chi connectivity index (χ3v) is 2.82. The highest BCUT2D eigenvalue weighted by molar-refractivity contribution is 6.30. The van der Waals surface area contributed by atoms with Gasteiger partial charge in [0.25, 0.3) is 0 Å².